The van der Waals surface area contributed by atoms with Gasteiger partial charge in [-0.1, -0.05) is 0 Å². The molecule has 0 aromatic heterocycles. The molecule has 0 atom stereocenters. The molecule has 0 aromatic rings. The van der Waals surface area contributed by atoms with Gasteiger partial charge in [-0.25, -0.2) is 0 Å². The van der Waals surface area contributed by atoms with Gasteiger partial charge in [-0.05, 0) is 0 Å². The predicted octanol–water partition coefficient (Wildman–Crippen LogP) is -3.92. The molecule has 0 aliphatic carbocycles. The Bertz CT molecular complexity index is 71.7. The van der Waals surface area contributed by atoms with Crippen LogP contribution in [0.15, 0.2) is 0 Å². The van der Waals surface area contributed by atoms with Crippen molar-refractivity contribution in [3.05, 3.63) is 30.6 Å². The largest absolute Gasteiger partial charge is 1.00 e. The summed E-state index contributed by atoms with van der Waals surface area (Å²) in [4.78, 5) is 16.5. The average Bonchev–Trinajstić information content (AvgIpc) is 1.25. The Kier molecular flexibility index (Phi) is 68.5. The summed E-state index contributed by atoms with van der Waals surface area (Å²) >= 11 is 0. The number of rotatable bonds is 0. The fourth-order valence-electron chi connectivity index (χ4n) is 0. The Morgan fingerprint density at radius 1 is 0.818 bits per heavy atom. The van der Waals surface area contributed by atoms with E-state index < -0.39 is 10.2 Å². The summed E-state index contributed by atoms with van der Waals surface area (Å²) in [6.07, 6.45) is 0. The first-order valence-electron chi connectivity index (χ1n) is 1.10. The molecule has 0 aliphatic rings. The number of quaternary nitrogens is 1. The molecule has 0 spiro atoms. The van der Waals surface area contributed by atoms with Gasteiger partial charge in [0.2, 0.25) is 0 Å². The Hall–Kier alpha value is -1.08. The van der Waals surface area contributed by atoms with Crippen LogP contribution in [-0.2, 0) is 0 Å². The quantitative estimate of drug-likeness (QED) is 0.216. The second-order valence-corrected chi connectivity index (χ2v) is 0.447. The van der Waals surface area contributed by atoms with Gasteiger partial charge in [-0.15, -0.1) is 0 Å². The molecule has 11 heteroatoms. The summed E-state index contributed by atoms with van der Waals surface area (Å²) in [6.45, 7) is 0. The van der Waals surface area contributed by atoms with E-state index in [1.165, 1.54) is 0 Å². The SMILES string of the molecule is O.O=[N+]([O-])[O-].O=[N+]([O-])[O-].[Li+].[NH4+]. The predicted molar refractivity (Wildman–Crippen MR) is 30.3 cm³/mol. The Morgan fingerprint density at radius 2 is 0.818 bits per heavy atom. The standard InChI is InChI=1S/Li.2NO3.H3N.H2O/c;2*2-1(3)4;;/h;;;1H3;1H2/q+1;2*-1;;/p+1. The van der Waals surface area contributed by atoms with Gasteiger partial charge in [-0.2, -0.15) is 0 Å². The average molecular weight is 167 g/mol. The van der Waals surface area contributed by atoms with Crippen LogP contribution >= 0.6 is 0 Å². The first-order chi connectivity index (χ1) is 3.46. The summed E-state index contributed by atoms with van der Waals surface area (Å²) in [6, 6.07) is 0. The first kappa shape index (κ1) is 32.6. The number of nitrogens with zero attached hydrogens (tertiary/aromatic N) is 2. The van der Waals surface area contributed by atoms with Gasteiger partial charge < -0.3 is 42.3 Å². The molecule has 0 aliphatic heterocycles. The zero-order valence-electron chi connectivity index (χ0n) is 5.84. The van der Waals surface area contributed by atoms with Crippen molar-refractivity contribution in [2.45, 2.75) is 0 Å². The third-order valence-corrected chi connectivity index (χ3v) is 0. The van der Waals surface area contributed by atoms with Crippen molar-refractivity contribution in [2.75, 3.05) is 0 Å². The van der Waals surface area contributed by atoms with Crippen molar-refractivity contribution in [3.63, 3.8) is 0 Å². The molecule has 64 valence electrons. The van der Waals surface area contributed by atoms with Crippen LogP contribution in [0.3, 0.4) is 0 Å². The summed E-state index contributed by atoms with van der Waals surface area (Å²) in [7, 11) is 0. The van der Waals surface area contributed by atoms with E-state index >= 15 is 0 Å². The molecule has 0 amide bonds. The molecule has 0 aromatic carbocycles. The molecule has 0 radical (unpaired) electrons. The summed E-state index contributed by atoms with van der Waals surface area (Å²) in [5.74, 6) is 0. The van der Waals surface area contributed by atoms with Crippen molar-refractivity contribution >= 4 is 0 Å². The maximum absolute atomic E-state index is 8.25. The van der Waals surface area contributed by atoms with E-state index in [1.54, 1.807) is 0 Å². The van der Waals surface area contributed by atoms with E-state index in [-0.39, 0.29) is 30.5 Å². The van der Waals surface area contributed by atoms with E-state index in [0.29, 0.717) is 0 Å². The van der Waals surface area contributed by atoms with Crippen molar-refractivity contribution in [3.8, 4) is 0 Å². The van der Waals surface area contributed by atoms with Crippen LogP contribution in [0.5, 0.6) is 0 Å². The van der Waals surface area contributed by atoms with Crippen molar-refractivity contribution in [2.24, 2.45) is 0 Å². The van der Waals surface area contributed by atoms with Crippen LogP contribution in [0.1, 0.15) is 0 Å². The molecule has 0 fully saturated rings. The van der Waals surface area contributed by atoms with E-state index in [0.717, 1.165) is 0 Å². The zero-order valence-corrected chi connectivity index (χ0v) is 5.84. The maximum Gasteiger partial charge on any atom is 1.00 e. The second-order valence-electron chi connectivity index (χ2n) is 0.447. The van der Waals surface area contributed by atoms with Crippen LogP contribution < -0.4 is 25.0 Å². The molecule has 0 saturated carbocycles. The van der Waals surface area contributed by atoms with Crippen molar-refractivity contribution in [1.29, 1.82) is 0 Å². The minimum absolute atomic E-state index is 0. The van der Waals surface area contributed by atoms with E-state index in [4.69, 9.17) is 30.6 Å². The topological polar surface area (TPSA) is 200 Å². The van der Waals surface area contributed by atoms with Gasteiger partial charge in [0.25, 0.3) is 0 Å². The second kappa shape index (κ2) is 23.1. The maximum atomic E-state index is 8.25. The summed E-state index contributed by atoms with van der Waals surface area (Å²) < 4.78 is 0. The Balaban J connectivity index is -0.0000000171. The molecular formula is H6LiN3O7. The van der Waals surface area contributed by atoms with Crippen LogP contribution in [0.2, 0.25) is 0 Å². The van der Waals surface area contributed by atoms with E-state index in [1.807, 2.05) is 0 Å². The van der Waals surface area contributed by atoms with Gasteiger partial charge in [0.1, 0.15) is 0 Å². The van der Waals surface area contributed by atoms with Gasteiger partial charge >= 0.3 is 18.9 Å². The normalized spacial score (nSPS) is 4.36. The fraction of sp³-hybridized carbons (Fsp3) is 0. The third-order valence-electron chi connectivity index (χ3n) is 0. The Morgan fingerprint density at radius 3 is 0.818 bits per heavy atom. The number of hydrogen-bond acceptors (Lipinski definition) is 6. The molecule has 0 heterocycles. The fourth-order valence-corrected chi connectivity index (χ4v) is 0. The van der Waals surface area contributed by atoms with Crippen LogP contribution in [0, 0.1) is 30.6 Å². The Labute approximate surface area is 72.1 Å². The van der Waals surface area contributed by atoms with Gasteiger partial charge in [0.15, 0.2) is 0 Å². The van der Waals surface area contributed by atoms with Crippen molar-refractivity contribution < 1.29 is 34.5 Å². The van der Waals surface area contributed by atoms with E-state index in [2.05, 4.69) is 0 Å². The van der Waals surface area contributed by atoms with Gasteiger partial charge in [-0.3, -0.25) is 0 Å². The molecule has 0 unspecified atom stereocenters. The smallest absolute Gasteiger partial charge is 0.412 e. The number of hydrogen-bond donors (Lipinski definition) is 1. The van der Waals surface area contributed by atoms with Gasteiger partial charge in [0.05, 0.1) is 10.2 Å². The molecule has 0 rings (SSSR count). The minimum Gasteiger partial charge on any atom is -0.412 e. The molecular weight excluding hydrogens is 161 g/mol. The zero-order chi connectivity index (χ0) is 7.15. The minimum atomic E-state index is -1.75. The monoisotopic (exact) mass is 167 g/mol. The van der Waals surface area contributed by atoms with Crippen LogP contribution in [0.4, 0.5) is 0 Å². The van der Waals surface area contributed by atoms with E-state index in [9.17, 15) is 0 Å². The molecule has 0 bridgehead atoms. The molecule has 0 saturated heterocycles. The summed E-state index contributed by atoms with van der Waals surface area (Å²) in [5.41, 5.74) is 0. The molecule has 6 N–H and O–H groups in total. The molecule has 11 heavy (non-hydrogen) atoms. The third kappa shape index (κ3) is 364. The van der Waals surface area contributed by atoms with Crippen LogP contribution in [-0.4, -0.2) is 15.6 Å². The van der Waals surface area contributed by atoms with Crippen LogP contribution in [0.25, 0.3) is 0 Å². The van der Waals surface area contributed by atoms with Crippen molar-refractivity contribution in [1.82, 2.24) is 6.15 Å². The molecule has 10 nitrogen and oxygen atoms in total. The first-order valence-corrected chi connectivity index (χ1v) is 1.10. The van der Waals surface area contributed by atoms with Gasteiger partial charge in [0, 0.05) is 0 Å². The summed E-state index contributed by atoms with van der Waals surface area (Å²) in [5, 5.41) is 29.5.